The number of rotatable bonds is 4. The van der Waals surface area contributed by atoms with Crippen LogP contribution in [0.25, 0.3) is 6.08 Å². The fourth-order valence-electron chi connectivity index (χ4n) is 3.18. The van der Waals surface area contributed by atoms with Crippen LogP contribution in [0.4, 0.5) is 5.69 Å². The number of nitro benzene ring substituents is 1. The van der Waals surface area contributed by atoms with Crippen LogP contribution in [0.5, 0.6) is 0 Å². The summed E-state index contributed by atoms with van der Waals surface area (Å²) in [4.78, 5) is 23.5. The van der Waals surface area contributed by atoms with Gasteiger partial charge in [0.25, 0.3) is 5.69 Å². The summed E-state index contributed by atoms with van der Waals surface area (Å²) < 4.78 is 0. The van der Waals surface area contributed by atoms with Crippen molar-refractivity contribution in [3.05, 3.63) is 80.9 Å². The molecule has 0 aliphatic heterocycles. The molecule has 0 radical (unpaired) electrons. The van der Waals surface area contributed by atoms with E-state index in [1.807, 2.05) is 6.07 Å². The highest BCUT2D eigenvalue weighted by molar-refractivity contribution is 6.11. The van der Waals surface area contributed by atoms with Crippen molar-refractivity contribution in [1.29, 1.82) is 0 Å². The minimum atomic E-state index is -0.495. The first-order chi connectivity index (χ1) is 11.5. The number of ketones is 1. The van der Waals surface area contributed by atoms with Crippen LogP contribution < -0.4 is 0 Å². The lowest BCUT2D eigenvalue weighted by Gasteiger charge is -2.05. The van der Waals surface area contributed by atoms with Gasteiger partial charge in [0.15, 0.2) is 5.78 Å². The lowest BCUT2D eigenvalue weighted by atomic mass is 9.98. The molecule has 4 heteroatoms. The van der Waals surface area contributed by atoms with Crippen LogP contribution in [0.1, 0.15) is 47.7 Å². The zero-order valence-corrected chi connectivity index (χ0v) is 13.6. The molecule has 1 unspecified atom stereocenters. The van der Waals surface area contributed by atoms with E-state index in [0.29, 0.717) is 11.5 Å². The third-order valence-electron chi connectivity index (χ3n) is 4.44. The van der Waals surface area contributed by atoms with Crippen molar-refractivity contribution < 1.29 is 9.72 Å². The Balaban J connectivity index is 2.01. The van der Waals surface area contributed by atoms with Crippen LogP contribution in [-0.2, 0) is 0 Å². The van der Waals surface area contributed by atoms with Gasteiger partial charge in [0.2, 0.25) is 0 Å². The topological polar surface area (TPSA) is 60.2 Å². The number of hydrogen-bond donors (Lipinski definition) is 0. The highest BCUT2D eigenvalue weighted by Gasteiger charge is 2.22. The number of allylic oxidation sites excluding steroid dienone is 1. The Morgan fingerprint density at radius 2 is 1.96 bits per heavy atom. The fraction of sp³-hybridized carbons (Fsp3) is 0.250. The Morgan fingerprint density at radius 1 is 1.21 bits per heavy atom. The minimum Gasteiger partial charge on any atom is -0.288 e. The van der Waals surface area contributed by atoms with E-state index in [1.165, 1.54) is 18.1 Å². The van der Waals surface area contributed by atoms with Crippen molar-refractivity contribution >= 4 is 17.5 Å². The molecule has 1 aliphatic carbocycles. The van der Waals surface area contributed by atoms with E-state index in [2.05, 4.69) is 13.0 Å². The Kier molecular flexibility index (Phi) is 4.56. The van der Waals surface area contributed by atoms with Gasteiger partial charge in [-0.1, -0.05) is 48.9 Å². The largest absolute Gasteiger partial charge is 0.288 e. The molecule has 1 fully saturated rings. The van der Waals surface area contributed by atoms with E-state index in [-0.39, 0.29) is 17.0 Å². The predicted octanol–water partition coefficient (Wildman–Crippen LogP) is 5.03. The van der Waals surface area contributed by atoms with Gasteiger partial charge in [-0.2, -0.15) is 0 Å². The van der Waals surface area contributed by atoms with Gasteiger partial charge in [0, 0.05) is 11.6 Å². The summed E-state index contributed by atoms with van der Waals surface area (Å²) in [6, 6.07) is 13.5. The van der Waals surface area contributed by atoms with E-state index < -0.39 is 4.92 Å². The van der Waals surface area contributed by atoms with Gasteiger partial charge in [0.1, 0.15) is 5.56 Å². The third-order valence-corrected chi connectivity index (χ3v) is 4.44. The van der Waals surface area contributed by atoms with Gasteiger partial charge < -0.3 is 0 Å². The second-order valence-corrected chi connectivity index (χ2v) is 6.38. The second-order valence-electron chi connectivity index (χ2n) is 6.38. The zero-order chi connectivity index (χ0) is 17.1. The van der Waals surface area contributed by atoms with Gasteiger partial charge in [-0.3, -0.25) is 14.9 Å². The average Bonchev–Trinajstić information content (AvgIpc) is 2.99. The summed E-state index contributed by atoms with van der Waals surface area (Å²) in [5.74, 6) is 0.363. The first-order valence-corrected chi connectivity index (χ1v) is 8.12. The number of nitro groups is 1. The van der Waals surface area contributed by atoms with E-state index in [9.17, 15) is 14.9 Å². The van der Waals surface area contributed by atoms with Gasteiger partial charge in [-0.05, 0) is 42.9 Å². The molecule has 2 aromatic carbocycles. The zero-order valence-electron chi connectivity index (χ0n) is 13.6. The van der Waals surface area contributed by atoms with Crippen molar-refractivity contribution in [1.82, 2.24) is 0 Å². The Hall–Kier alpha value is -2.75. The van der Waals surface area contributed by atoms with Gasteiger partial charge >= 0.3 is 0 Å². The Morgan fingerprint density at radius 3 is 2.58 bits per heavy atom. The molecule has 0 N–H and O–H groups in total. The summed E-state index contributed by atoms with van der Waals surface area (Å²) >= 11 is 0. The van der Waals surface area contributed by atoms with E-state index in [1.54, 1.807) is 36.4 Å². The monoisotopic (exact) mass is 321 g/mol. The van der Waals surface area contributed by atoms with Gasteiger partial charge in [0.05, 0.1) is 4.92 Å². The SMILES string of the molecule is CC1CC/C(=C\c2ccc([N+](=O)[O-])c(C(=O)c3ccccc3)c2)C1. The lowest BCUT2D eigenvalue weighted by Crippen LogP contribution is -2.05. The number of nitrogens with zero attached hydrogens (tertiary/aromatic N) is 1. The maximum absolute atomic E-state index is 12.7. The lowest BCUT2D eigenvalue weighted by molar-refractivity contribution is -0.385. The van der Waals surface area contributed by atoms with Crippen LogP contribution in [0.15, 0.2) is 54.1 Å². The van der Waals surface area contributed by atoms with Crippen LogP contribution in [-0.4, -0.2) is 10.7 Å². The summed E-state index contributed by atoms with van der Waals surface area (Å²) in [5, 5.41) is 11.3. The number of carbonyl (C=O) groups excluding carboxylic acids is 1. The number of carbonyl (C=O) groups is 1. The quantitative estimate of drug-likeness (QED) is 0.451. The molecule has 1 atom stereocenters. The summed E-state index contributed by atoms with van der Waals surface area (Å²) in [7, 11) is 0. The van der Waals surface area contributed by atoms with E-state index in [4.69, 9.17) is 0 Å². The van der Waals surface area contributed by atoms with Crippen molar-refractivity contribution in [2.24, 2.45) is 5.92 Å². The number of hydrogen-bond acceptors (Lipinski definition) is 3. The maximum atomic E-state index is 12.7. The van der Waals surface area contributed by atoms with E-state index >= 15 is 0 Å². The minimum absolute atomic E-state index is 0.145. The van der Waals surface area contributed by atoms with Crippen molar-refractivity contribution in [3.63, 3.8) is 0 Å². The molecule has 0 saturated heterocycles. The summed E-state index contributed by atoms with van der Waals surface area (Å²) in [5.41, 5.74) is 2.65. The molecule has 0 heterocycles. The fourth-order valence-corrected chi connectivity index (χ4v) is 3.18. The first kappa shape index (κ1) is 16.1. The number of benzene rings is 2. The highest BCUT2D eigenvalue weighted by Crippen LogP contribution is 2.32. The smallest absolute Gasteiger partial charge is 0.280 e. The molecule has 0 amide bonds. The molecular formula is C20H19NO3. The molecule has 4 nitrogen and oxygen atoms in total. The van der Waals surface area contributed by atoms with Crippen LogP contribution >= 0.6 is 0 Å². The van der Waals surface area contributed by atoms with Gasteiger partial charge in [-0.25, -0.2) is 0 Å². The van der Waals surface area contributed by atoms with Crippen molar-refractivity contribution in [2.75, 3.05) is 0 Å². The van der Waals surface area contributed by atoms with Crippen LogP contribution in [0.2, 0.25) is 0 Å². The highest BCUT2D eigenvalue weighted by atomic mass is 16.6. The van der Waals surface area contributed by atoms with Crippen LogP contribution in [0.3, 0.4) is 0 Å². The molecule has 0 bridgehead atoms. The van der Waals surface area contributed by atoms with Crippen LogP contribution in [0, 0.1) is 16.0 Å². The van der Waals surface area contributed by atoms with Crippen molar-refractivity contribution in [2.45, 2.75) is 26.2 Å². The first-order valence-electron chi connectivity index (χ1n) is 8.12. The van der Waals surface area contributed by atoms with Crippen molar-refractivity contribution in [3.8, 4) is 0 Å². The van der Waals surface area contributed by atoms with E-state index in [0.717, 1.165) is 18.4 Å². The molecule has 1 aliphatic rings. The Labute approximate surface area is 141 Å². The molecule has 0 aromatic heterocycles. The molecular weight excluding hydrogens is 302 g/mol. The summed E-state index contributed by atoms with van der Waals surface area (Å²) in [6.07, 6.45) is 5.35. The molecule has 1 saturated carbocycles. The molecule has 0 spiro atoms. The standard InChI is InChI=1S/C20H19NO3/c1-14-7-8-15(11-14)12-16-9-10-19(21(23)24)18(13-16)20(22)17-5-3-2-4-6-17/h2-6,9-10,12-14H,7-8,11H2,1H3/b15-12+. The maximum Gasteiger partial charge on any atom is 0.280 e. The molecule has 2 aromatic rings. The molecule has 122 valence electrons. The summed E-state index contributed by atoms with van der Waals surface area (Å²) in [6.45, 7) is 2.22. The third kappa shape index (κ3) is 3.43. The predicted molar refractivity (Wildman–Crippen MR) is 94.0 cm³/mol. The average molecular weight is 321 g/mol. The normalized spacial score (nSPS) is 18.7. The second kappa shape index (κ2) is 6.79. The molecule has 3 rings (SSSR count). The van der Waals surface area contributed by atoms with Gasteiger partial charge in [-0.15, -0.1) is 0 Å². The molecule has 24 heavy (non-hydrogen) atoms. The Bertz CT molecular complexity index is 809.